The number of esters is 1. The number of carbonyl (C=O) groups is 3. The Morgan fingerprint density at radius 1 is 1.23 bits per heavy atom. The number of nitrogens with zero attached hydrogens (tertiary/aromatic N) is 1. The van der Waals surface area contributed by atoms with Crippen LogP contribution in [-0.2, 0) is 20.9 Å². The molecule has 1 N–H and O–H groups in total. The lowest BCUT2D eigenvalue weighted by Gasteiger charge is -2.19. The van der Waals surface area contributed by atoms with E-state index in [4.69, 9.17) is 0 Å². The van der Waals surface area contributed by atoms with Crippen LogP contribution in [0.15, 0.2) is 42.8 Å². The summed E-state index contributed by atoms with van der Waals surface area (Å²) in [5, 5.41) is 2.32. The lowest BCUT2D eigenvalue weighted by atomic mass is 9.91. The molecule has 6 heteroatoms. The molecule has 0 saturated heterocycles. The minimum Gasteiger partial charge on any atom is -0.464 e. The SMILES string of the molecule is C=C(NC(=O)C(=C)N1Cc2c(cccc2C2CCCC2)C1=O)C(=O)OC. The maximum absolute atomic E-state index is 12.8. The molecule has 0 radical (unpaired) electrons. The summed E-state index contributed by atoms with van der Waals surface area (Å²) in [5.41, 5.74) is 2.58. The minimum absolute atomic E-state index is 0.0198. The van der Waals surface area contributed by atoms with Crippen LogP contribution in [0.4, 0.5) is 0 Å². The number of rotatable bonds is 5. The normalized spacial score (nSPS) is 16.3. The van der Waals surface area contributed by atoms with Gasteiger partial charge in [0.15, 0.2) is 0 Å². The van der Waals surface area contributed by atoms with Gasteiger partial charge in [-0.2, -0.15) is 0 Å². The molecule has 0 unspecified atom stereocenters. The molecule has 1 aliphatic heterocycles. The van der Waals surface area contributed by atoms with Crippen LogP contribution in [0.25, 0.3) is 0 Å². The van der Waals surface area contributed by atoms with Crippen LogP contribution in [0.2, 0.25) is 0 Å². The fraction of sp³-hybridized carbons (Fsp3) is 0.350. The molecule has 26 heavy (non-hydrogen) atoms. The fourth-order valence-electron chi connectivity index (χ4n) is 3.70. The second kappa shape index (κ2) is 7.15. The Balaban J connectivity index is 1.78. The van der Waals surface area contributed by atoms with Gasteiger partial charge in [-0.15, -0.1) is 0 Å². The highest BCUT2D eigenvalue weighted by atomic mass is 16.5. The molecule has 1 fully saturated rings. The first kappa shape index (κ1) is 17.9. The average molecular weight is 354 g/mol. The number of methoxy groups -OCH3 is 1. The first-order valence-electron chi connectivity index (χ1n) is 8.65. The van der Waals surface area contributed by atoms with Crippen molar-refractivity contribution in [3.63, 3.8) is 0 Å². The topological polar surface area (TPSA) is 75.7 Å². The van der Waals surface area contributed by atoms with E-state index in [2.05, 4.69) is 29.3 Å². The molecule has 136 valence electrons. The second-order valence-electron chi connectivity index (χ2n) is 6.62. The zero-order chi connectivity index (χ0) is 18.8. The number of amides is 2. The van der Waals surface area contributed by atoms with Crippen molar-refractivity contribution in [3.05, 3.63) is 59.4 Å². The molecule has 1 aromatic carbocycles. The van der Waals surface area contributed by atoms with E-state index in [1.54, 1.807) is 6.07 Å². The minimum atomic E-state index is -0.745. The summed E-state index contributed by atoms with van der Waals surface area (Å²) in [6.45, 7) is 7.50. The number of hydrogen-bond acceptors (Lipinski definition) is 4. The monoisotopic (exact) mass is 354 g/mol. The van der Waals surface area contributed by atoms with Crippen molar-refractivity contribution in [2.75, 3.05) is 7.11 Å². The van der Waals surface area contributed by atoms with Crippen LogP contribution < -0.4 is 5.32 Å². The Kier molecular flexibility index (Phi) is 4.93. The Labute approximate surface area is 152 Å². The summed E-state index contributed by atoms with van der Waals surface area (Å²) in [4.78, 5) is 37.8. The van der Waals surface area contributed by atoms with E-state index in [1.807, 2.05) is 6.07 Å². The standard InChI is InChI=1S/C20H22N2O4/c1-12(20(25)26-3)21-18(23)13(2)22-11-17-15(14-7-4-5-8-14)9-6-10-16(17)19(22)24/h6,9-10,14H,1-2,4-5,7-8,11H2,3H3,(H,21,23). The number of benzene rings is 1. The van der Waals surface area contributed by atoms with Crippen molar-refractivity contribution < 1.29 is 19.1 Å². The summed E-state index contributed by atoms with van der Waals surface area (Å²) in [6.07, 6.45) is 4.67. The third-order valence-electron chi connectivity index (χ3n) is 5.08. The van der Waals surface area contributed by atoms with E-state index >= 15 is 0 Å². The van der Waals surface area contributed by atoms with Gasteiger partial charge in [-0.3, -0.25) is 14.5 Å². The average Bonchev–Trinajstić information content (AvgIpc) is 3.28. The smallest absolute Gasteiger partial charge is 0.353 e. The van der Waals surface area contributed by atoms with E-state index in [0.29, 0.717) is 18.0 Å². The Morgan fingerprint density at radius 2 is 1.92 bits per heavy atom. The van der Waals surface area contributed by atoms with Gasteiger partial charge in [0.05, 0.1) is 13.7 Å². The summed E-state index contributed by atoms with van der Waals surface area (Å²) in [7, 11) is 1.19. The van der Waals surface area contributed by atoms with Gasteiger partial charge in [-0.05, 0) is 36.0 Å². The Morgan fingerprint density at radius 3 is 2.58 bits per heavy atom. The molecule has 2 aliphatic rings. The number of nitrogens with one attached hydrogen (secondary N) is 1. The summed E-state index contributed by atoms with van der Waals surface area (Å²) < 4.78 is 4.50. The molecule has 0 bridgehead atoms. The van der Waals surface area contributed by atoms with Gasteiger partial charge in [0.2, 0.25) is 0 Å². The van der Waals surface area contributed by atoms with Crippen LogP contribution in [0.5, 0.6) is 0 Å². The Hall–Kier alpha value is -2.89. The maximum atomic E-state index is 12.8. The van der Waals surface area contributed by atoms with Gasteiger partial charge >= 0.3 is 5.97 Å². The predicted octanol–water partition coefficient (Wildman–Crippen LogP) is 2.62. The van der Waals surface area contributed by atoms with Crippen molar-refractivity contribution >= 4 is 17.8 Å². The highest BCUT2D eigenvalue weighted by Gasteiger charge is 2.35. The molecule has 6 nitrogen and oxygen atoms in total. The first-order valence-corrected chi connectivity index (χ1v) is 8.65. The zero-order valence-electron chi connectivity index (χ0n) is 14.8. The molecule has 3 rings (SSSR count). The highest BCUT2D eigenvalue weighted by Crippen LogP contribution is 2.39. The fourth-order valence-corrected chi connectivity index (χ4v) is 3.70. The van der Waals surface area contributed by atoms with E-state index in [1.165, 1.54) is 30.4 Å². The van der Waals surface area contributed by atoms with Gasteiger partial charge in [0.25, 0.3) is 11.8 Å². The summed E-state index contributed by atoms with van der Waals surface area (Å²) in [6, 6.07) is 5.76. The predicted molar refractivity (Wildman–Crippen MR) is 96.0 cm³/mol. The number of hydrogen-bond donors (Lipinski definition) is 1. The molecule has 0 atom stereocenters. The molecular formula is C20H22N2O4. The van der Waals surface area contributed by atoms with Crippen LogP contribution in [0, 0.1) is 0 Å². The molecule has 1 aliphatic carbocycles. The van der Waals surface area contributed by atoms with E-state index in [-0.39, 0.29) is 17.3 Å². The quantitative estimate of drug-likeness (QED) is 0.651. The van der Waals surface area contributed by atoms with Crippen LogP contribution in [-0.4, -0.2) is 29.8 Å². The van der Waals surface area contributed by atoms with Gasteiger partial charge in [0, 0.05) is 5.56 Å². The highest BCUT2D eigenvalue weighted by molar-refractivity contribution is 6.07. The van der Waals surface area contributed by atoms with Crippen LogP contribution >= 0.6 is 0 Å². The maximum Gasteiger partial charge on any atom is 0.353 e. The Bertz CT molecular complexity index is 806. The van der Waals surface area contributed by atoms with E-state index in [9.17, 15) is 14.4 Å². The van der Waals surface area contributed by atoms with E-state index < -0.39 is 11.9 Å². The van der Waals surface area contributed by atoms with Crippen molar-refractivity contribution in [2.24, 2.45) is 0 Å². The zero-order valence-corrected chi connectivity index (χ0v) is 14.8. The molecular weight excluding hydrogens is 332 g/mol. The lowest BCUT2D eigenvalue weighted by molar-refractivity contribution is -0.137. The largest absolute Gasteiger partial charge is 0.464 e. The number of fused-ring (bicyclic) bond motifs is 1. The van der Waals surface area contributed by atoms with E-state index in [0.717, 1.165) is 18.4 Å². The molecule has 1 saturated carbocycles. The third kappa shape index (κ3) is 3.14. The summed E-state index contributed by atoms with van der Waals surface area (Å²) in [5.74, 6) is -1.17. The van der Waals surface area contributed by atoms with Gasteiger partial charge in [-0.25, -0.2) is 4.79 Å². The number of carbonyl (C=O) groups excluding carboxylic acids is 3. The molecule has 1 aromatic rings. The third-order valence-corrected chi connectivity index (χ3v) is 5.08. The molecule has 0 aromatic heterocycles. The van der Waals surface area contributed by atoms with Crippen molar-refractivity contribution in [3.8, 4) is 0 Å². The van der Waals surface area contributed by atoms with Gasteiger partial charge < -0.3 is 10.1 Å². The second-order valence-corrected chi connectivity index (χ2v) is 6.62. The molecule has 2 amide bonds. The first-order chi connectivity index (χ1) is 12.4. The van der Waals surface area contributed by atoms with Crippen molar-refractivity contribution in [1.29, 1.82) is 0 Å². The summed E-state index contributed by atoms with van der Waals surface area (Å²) >= 11 is 0. The number of ether oxygens (including phenoxy) is 1. The lowest BCUT2D eigenvalue weighted by Crippen LogP contribution is -2.36. The molecule has 1 heterocycles. The van der Waals surface area contributed by atoms with Gasteiger partial charge in [-0.1, -0.05) is 38.1 Å². The van der Waals surface area contributed by atoms with Crippen molar-refractivity contribution in [1.82, 2.24) is 10.2 Å². The van der Waals surface area contributed by atoms with Crippen LogP contribution in [0.3, 0.4) is 0 Å². The van der Waals surface area contributed by atoms with Crippen molar-refractivity contribution in [2.45, 2.75) is 38.1 Å². The van der Waals surface area contributed by atoms with Gasteiger partial charge in [0.1, 0.15) is 11.4 Å². The van der Waals surface area contributed by atoms with Crippen LogP contribution in [0.1, 0.15) is 53.1 Å². The molecule has 0 spiro atoms.